The van der Waals surface area contributed by atoms with Gasteiger partial charge in [-0.05, 0) is 59.5 Å². The SMILES string of the molecule is O=NC1=CC=C(/C=C/C=C2\C(=O)N(Cc3ccc(O)cc3)c3ccccc32)CC1. The number of anilines is 1. The fraction of sp³-hybridized carbons (Fsp3) is 0.125. The van der Waals surface area contributed by atoms with Crippen LogP contribution >= 0.6 is 0 Å². The molecule has 1 heterocycles. The third-order valence-electron chi connectivity index (χ3n) is 5.09. The number of amides is 1. The van der Waals surface area contributed by atoms with Gasteiger partial charge in [-0.2, -0.15) is 0 Å². The Hall–Kier alpha value is -3.73. The largest absolute Gasteiger partial charge is 0.508 e. The van der Waals surface area contributed by atoms with Gasteiger partial charge < -0.3 is 10.0 Å². The third-order valence-corrected chi connectivity index (χ3v) is 5.09. The van der Waals surface area contributed by atoms with E-state index in [1.807, 2.05) is 60.7 Å². The molecule has 2 aromatic rings. The van der Waals surface area contributed by atoms with Crippen LogP contribution in [0.2, 0.25) is 0 Å². The number of nitroso groups, excluding NO2 is 1. The molecule has 0 radical (unpaired) electrons. The Morgan fingerprint density at radius 1 is 1.03 bits per heavy atom. The van der Waals surface area contributed by atoms with E-state index in [4.69, 9.17) is 0 Å². The van der Waals surface area contributed by atoms with Gasteiger partial charge in [0.2, 0.25) is 0 Å². The number of benzene rings is 2. The van der Waals surface area contributed by atoms with Crippen LogP contribution in [0.4, 0.5) is 5.69 Å². The molecular formula is C24H20N2O3. The van der Waals surface area contributed by atoms with Crippen LogP contribution in [0.3, 0.4) is 0 Å². The molecule has 1 aliphatic heterocycles. The Bertz CT molecular complexity index is 1080. The minimum Gasteiger partial charge on any atom is -0.508 e. The van der Waals surface area contributed by atoms with Gasteiger partial charge in [0.25, 0.3) is 5.91 Å². The van der Waals surface area contributed by atoms with Crippen molar-refractivity contribution in [3.63, 3.8) is 0 Å². The predicted octanol–water partition coefficient (Wildman–Crippen LogP) is 5.25. The van der Waals surface area contributed by atoms with Gasteiger partial charge in [0.05, 0.1) is 17.9 Å². The zero-order valence-electron chi connectivity index (χ0n) is 15.8. The number of nitrogens with zero attached hydrogens (tertiary/aromatic N) is 2. The van der Waals surface area contributed by atoms with Crippen LogP contribution in [-0.2, 0) is 11.3 Å². The second kappa shape index (κ2) is 8.10. The van der Waals surface area contributed by atoms with E-state index in [-0.39, 0.29) is 11.7 Å². The molecule has 0 atom stereocenters. The molecule has 144 valence electrons. The Morgan fingerprint density at radius 2 is 1.83 bits per heavy atom. The van der Waals surface area contributed by atoms with Gasteiger partial charge in [0, 0.05) is 11.1 Å². The summed E-state index contributed by atoms with van der Waals surface area (Å²) in [5.74, 6) is 0.157. The highest BCUT2D eigenvalue weighted by molar-refractivity contribution is 6.32. The van der Waals surface area contributed by atoms with Crippen molar-refractivity contribution in [3.8, 4) is 5.75 Å². The summed E-state index contributed by atoms with van der Waals surface area (Å²) in [6, 6.07) is 14.6. The highest BCUT2D eigenvalue weighted by Gasteiger charge is 2.31. The normalized spacial score (nSPS) is 17.4. The fourth-order valence-electron chi connectivity index (χ4n) is 3.53. The quantitative estimate of drug-likeness (QED) is 0.565. The van der Waals surface area contributed by atoms with Gasteiger partial charge in [-0.15, -0.1) is 4.91 Å². The van der Waals surface area contributed by atoms with Gasteiger partial charge >= 0.3 is 0 Å². The topological polar surface area (TPSA) is 70.0 Å². The number of phenols is 1. The van der Waals surface area contributed by atoms with E-state index in [2.05, 4.69) is 5.18 Å². The first-order valence-electron chi connectivity index (χ1n) is 9.46. The van der Waals surface area contributed by atoms with Crippen molar-refractivity contribution in [2.24, 2.45) is 5.18 Å². The zero-order chi connectivity index (χ0) is 20.2. The highest BCUT2D eigenvalue weighted by Crippen LogP contribution is 2.37. The molecule has 0 fully saturated rings. The van der Waals surface area contributed by atoms with E-state index >= 15 is 0 Å². The average molecular weight is 384 g/mol. The van der Waals surface area contributed by atoms with Crippen LogP contribution < -0.4 is 4.90 Å². The number of phenolic OH excluding ortho intramolecular Hbond substituents is 1. The molecule has 1 N–H and O–H groups in total. The summed E-state index contributed by atoms with van der Waals surface area (Å²) in [6.45, 7) is 0.439. The number of carbonyl (C=O) groups is 1. The molecule has 29 heavy (non-hydrogen) atoms. The second-order valence-corrected chi connectivity index (χ2v) is 7.01. The maximum atomic E-state index is 13.1. The number of hydrogen-bond donors (Lipinski definition) is 1. The molecule has 1 aliphatic carbocycles. The summed E-state index contributed by atoms with van der Waals surface area (Å²) in [5, 5.41) is 12.5. The monoisotopic (exact) mass is 384 g/mol. The molecule has 0 spiro atoms. The number of para-hydroxylation sites is 1. The van der Waals surface area contributed by atoms with Crippen molar-refractivity contribution in [3.05, 3.63) is 106 Å². The number of aromatic hydroxyl groups is 1. The lowest BCUT2D eigenvalue weighted by Gasteiger charge is -2.17. The van der Waals surface area contributed by atoms with Crippen molar-refractivity contribution in [2.75, 3.05) is 4.90 Å². The minimum atomic E-state index is -0.0473. The Labute approximate surface area is 169 Å². The van der Waals surface area contributed by atoms with E-state index in [0.717, 1.165) is 28.8 Å². The lowest BCUT2D eigenvalue weighted by Crippen LogP contribution is -2.25. The fourth-order valence-corrected chi connectivity index (χ4v) is 3.53. The number of hydrogen-bond acceptors (Lipinski definition) is 4. The maximum absolute atomic E-state index is 13.1. The lowest BCUT2D eigenvalue weighted by molar-refractivity contribution is -0.113. The number of carbonyl (C=O) groups excluding carboxylic acids is 1. The summed E-state index contributed by atoms with van der Waals surface area (Å²) in [6.07, 6.45) is 10.7. The Kier molecular flexibility index (Phi) is 5.20. The summed E-state index contributed by atoms with van der Waals surface area (Å²) in [5.41, 5.74) is 5.04. The standard InChI is InChI=1S/C24H20N2O3/c27-20-14-10-18(11-15-20)16-26-23-7-2-1-5-21(23)22(24(26)28)6-3-4-17-8-12-19(25-29)13-9-17/h1-8,10-12,14-15,27H,9,13,16H2/b4-3+,22-6-. The first-order valence-corrected chi connectivity index (χ1v) is 9.46. The minimum absolute atomic E-state index is 0.0473. The van der Waals surface area contributed by atoms with Crippen LogP contribution in [0.25, 0.3) is 5.57 Å². The average Bonchev–Trinajstić information content (AvgIpc) is 3.02. The molecule has 5 nitrogen and oxygen atoms in total. The van der Waals surface area contributed by atoms with E-state index < -0.39 is 0 Å². The van der Waals surface area contributed by atoms with Crippen molar-refractivity contribution in [1.82, 2.24) is 0 Å². The number of allylic oxidation sites excluding steroid dienone is 7. The van der Waals surface area contributed by atoms with Crippen LogP contribution in [0.5, 0.6) is 5.75 Å². The summed E-state index contributed by atoms with van der Waals surface area (Å²) in [4.78, 5) is 25.4. The molecule has 0 saturated carbocycles. The van der Waals surface area contributed by atoms with Gasteiger partial charge in [-0.1, -0.05) is 48.6 Å². The predicted molar refractivity (Wildman–Crippen MR) is 114 cm³/mol. The summed E-state index contributed by atoms with van der Waals surface area (Å²) in [7, 11) is 0. The Balaban J connectivity index is 1.59. The molecule has 2 aromatic carbocycles. The number of rotatable bonds is 5. The molecule has 0 bridgehead atoms. The second-order valence-electron chi connectivity index (χ2n) is 7.01. The van der Waals surface area contributed by atoms with Gasteiger partial charge in [-0.25, -0.2) is 0 Å². The van der Waals surface area contributed by atoms with E-state index in [0.29, 0.717) is 24.2 Å². The summed E-state index contributed by atoms with van der Waals surface area (Å²) < 4.78 is 0. The molecule has 0 saturated heterocycles. The van der Waals surface area contributed by atoms with Crippen LogP contribution in [0.1, 0.15) is 24.0 Å². The molecule has 1 amide bonds. The highest BCUT2D eigenvalue weighted by atomic mass is 16.3. The van der Waals surface area contributed by atoms with Crippen molar-refractivity contribution in [1.29, 1.82) is 0 Å². The Morgan fingerprint density at radius 3 is 2.55 bits per heavy atom. The first kappa shape index (κ1) is 18.6. The number of fused-ring (bicyclic) bond motifs is 1. The smallest absolute Gasteiger partial charge is 0.259 e. The maximum Gasteiger partial charge on any atom is 0.259 e. The van der Waals surface area contributed by atoms with Crippen molar-refractivity contribution < 1.29 is 9.90 Å². The van der Waals surface area contributed by atoms with E-state index in [1.165, 1.54) is 0 Å². The zero-order valence-corrected chi connectivity index (χ0v) is 15.8. The van der Waals surface area contributed by atoms with Crippen LogP contribution in [0, 0.1) is 4.91 Å². The lowest BCUT2D eigenvalue weighted by atomic mass is 10.0. The molecule has 2 aliphatic rings. The van der Waals surface area contributed by atoms with Crippen molar-refractivity contribution >= 4 is 17.2 Å². The molecular weight excluding hydrogens is 364 g/mol. The molecule has 0 unspecified atom stereocenters. The van der Waals surface area contributed by atoms with E-state index in [1.54, 1.807) is 23.1 Å². The van der Waals surface area contributed by atoms with Gasteiger partial charge in [-0.3, -0.25) is 4.79 Å². The third kappa shape index (κ3) is 3.94. The first-order chi connectivity index (χ1) is 14.2. The van der Waals surface area contributed by atoms with Crippen molar-refractivity contribution in [2.45, 2.75) is 19.4 Å². The van der Waals surface area contributed by atoms with Gasteiger partial charge in [0.15, 0.2) is 0 Å². The van der Waals surface area contributed by atoms with Crippen LogP contribution in [0.15, 0.2) is 95.4 Å². The van der Waals surface area contributed by atoms with E-state index in [9.17, 15) is 14.8 Å². The molecule has 4 rings (SSSR count). The van der Waals surface area contributed by atoms with Gasteiger partial charge in [0.1, 0.15) is 5.75 Å². The summed E-state index contributed by atoms with van der Waals surface area (Å²) >= 11 is 0. The van der Waals surface area contributed by atoms with Crippen LogP contribution in [-0.4, -0.2) is 11.0 Å². The molecule has 0 aromatic heterocycles. The molecule has 5 heteroatoms.